The molecule has 1 aromatic heterocycles. The quantitative estimate of drug-likeness (QED) is 0.104. The number of methoxy groups -OCH3 is 2. The summed E-state index contributed by atoms with van der Waals surface area (Å²) in [6, 6.07) is 15.3. The van der Waals surface area contributed by atoms with E-state index in [0.29, 0.717) is 43.4 Å². The number of aromatic nitrogens is 1. The molecule has 0 fully saturated rings. The molecule has 0 unspecified atom stereocenters. The largest absolute Gasteiger partial charge is 0.493 e. The lowest BCUT2D eigenvalue weighted by molar-refractivity contribution is -0.384. The van der Waals surface area contributed by atoms with Crippen molar-refractivity contribution >= 4 is 35.0 Å². The van der Waals surface area contributed by atoms with E-state index in [1.54, 1.807) is 75.4 Å². The van der Waals surface area contributed by atoms with Crippen LogP contribution in [0.1, 0.15) is 43.5 Å². The van der Waals surface area contributed by atoms with Gasteiger partial charge in [0.2, 0.25) is 0 Å². The monoisotopic (exact) mass is 717 g/mol. The summed E-state index contributed by atoms with van der Waals surface area (Å²) in [5.41, 5.74) is 2.09. The number of thiazole rings is 1. The van der Waals surface area contributed by atoms with Gasteiger partial charge in [-0.2, -0.15) is 0 Å². The first kappa shape index (κ1) is 36.3. The van der Waals surface area contributed by atoms with Gasteiger partial charge < -0.3 is 28.4 Å². The average molecular weight is 718 g/mol. The van der Waals surface area contributed by atoms with E-state index in [2.05, 4.69) is 9.73 Å². The Kier molecular flexibility index (Phi) is 11.5. The van der Waals surface area contributed by atoms with Gasteiger partial charge in [0.25, 0.3) is 11.2 Å². The number of ether oxygens (including phenoxy) is 6. The van der Waals surface area contributed by atoms with Crippen molar-refractivity contribution in [3.63, 3.8) is 0 Å². The van der Waals surface area contributed by atoms with Crippen LogP contribution in [0.4, 0.5) is 5.69 Å². The van der Waals surface area contributed by atoms with Gasteiger partial charge in [-0.05, 0) is 79.9 Å². The predicted octanol–water partition coefficient (Wildman–Crippen LogP) is 4.24. The number of fused-ring (bicyclic) bond motifs is 1. The Labute approximate surface area is 295 Å². The molecular weight excluding hydrogens is 682 g/mol. The van der Waals surface area contributed by atoms with Gasteiger partial charge in [-0.15, -0.1) is 0 Å². The highest BCUT2D eigenvalue weighted by atomic mass is 32.1. The molecule has 0 N–H and O–H groups in total. The number of carbonyl (C=O) groups is 2. The third-order valence-corrected chi connectivity index (χ3v) is 8.68. The number of benzene rings is 3. The van der Waals surface area contributed by atoms with E-state index in [1.165, 1.54) is 30.9 Å². The molecule has 14 nitrogen and oxygen atoms in total. The minimum Gasteiger partial charge on any atom is -0.493 e. The number of esters is 2. The minimum absolute atomic E-state index is 0.0141. The van der Waals surface area contributed by atoms with Crippen LogP contribution in [-0.4, -0.2) is 55.5 Å². The lowest BCUT2D eigenvalue weighted by atomic mass is 9.95. The van der Waals surface area contributed by atoms with Crippen LogP contribution in [0, 0.1) is 10.1 Å². The van der Waals surface area contributed by atoms with Gasteiger partial charge in [0.1, 0.15) is 6.61 Å². The number of nitro groups is 1. The Morgan fingerprint density at radius 3 is 2.33 bits per heavy atom. The Morgan fingerprint density at radius 2 is 1.67 bits per heavy atom. The van der Waals surface area contributed by atoms with Gasteiger partial charge >= 0.3 is 11.9 Å². The molecule has 266 valence electrons. The molecule has 0 amide bonds. The highest BCUT2D eigenvalue weighted by molar-refractivity contribution is 7.07. The van der Waals surface area contributed by atoms with Crippen LogP contribution >= 0.6 is 11.3 Å². The number of nitrogens with zero attached hydrogens (tertiary/aromatic N) is 3. The highest BCUT2D eigenvalue weighted by Gasteiger charge is 2.34. The molecule has 15 heteroatoms. The lowest BCUT2D eigenvalue weighted by Crippen LogP contribution is -2.40. The fourth-order valence-corrected chi connectivity index (χ4v) is 6.35. The number of hydrogen-bond donors (Lipinski definition) is 0. The molecule has 0 saturated carbocycles. The Bertz CT molecular complexity index is 2170. The van der Waals surface area contributed by atoms with Crippen LogP contribution < -0.4 is 33.8 Å². The molecule has 2 heterocycles. The Hall–Kier alpha value is -5.96. The highest BCUT2D eigenvalue weighted by Crippen LogP contribution is 2.36. The molecule has 0 radical (unpaired) electrons. The molecule has 0 saturated heterocycles. The second-order valence-electron chi connectivity index (χ2n) is 10.9. The summed E-state index contributed by atoms with van der Waals surface area (Å²) in [5.74, 6) is 0.255. The second-order valence-corrected chi connectivity index (χ2v) is 11.9. The molecule has 4 aromatic rings. The maximum Gasteiger partial charge on any atom is 0.343 e. The predicted molar refractivity (Wildman–Crippen MR) is 186 cm³/mol. The van der Waals surface area contributed by atoms with Crippen molar-refractivity contribution in [2.75, 3.05) is 34.0 Å². The van der Waals surface area contributed by atoms with Gasteiger partial charge in [0.15, 0.2) is 34.4 Å². The fraction of sp³-hybridized carbons (Fsp3) is 0.278. The van der Waals surface area contributed by atoms with E-state index < -0.39 is 22.9 Å². The second kappa shape index (κ2) is 16.2. The smallest absolute Gasteiger partial charge is 0.343 e. The molecule has 0 aliphatic carbocycles. The maximum absolute atomic E-state index is 14.2. The SMILES string of the molecule is CCOC(=O)C1=C(C)N=c2s/c(=C\c3ccc(OCc4ccc([N+](=O)[O-])cc4)c(OC)c3)c(=O)n2[C@@H]1c1ccc(OCC(=O)OC)c(OCC)c1. The molecule has 0 bridgehead atoms. The van der Waals surface area contributed by atoms with Crippen molar-refractivity contribution in [2.45, 2.75) is 33.4 Å². The summed E-state index contributed by atoms with van der Waals surface area (Å²) < 4.78 is 34.8. The summed E-state index contributed by atoms with van der Waals surface area (Å²) >= 11 is 1.16. The van der Waals surface area contributed by atoms with Crippen LogP contribution in [0.15, 0.2) is 81.7 Å². The fourth-order valence-electron chi connectivity index (χ4n) is 5.30. The summed E-state index contributed by atoms with van der Waals surface area (Å²) in [6.07, 6.45) is 1.70. The van der Waals surface area contributed by atoms with E-state index >= 15 is 0 Å². The molecule has 1 aliphatic rings. The van der Waals surface area contributed by atoms with Crippen molar-refractivity contribution < 1.29 is 42.9 Å². The Balaban J connectivity index is 1.53. The minimum atomic E-state index is -0.916. The van der Waals surface area contributed by atoms with Crippen LogP contribution in [0.25, 0.3) is 6.08 Å². The first-order valence-corrected chi connectivity index (χ1v) is 16.6. The third-order valence-electron chi connectivity index (χ3n) is 7.70. The molecule has 3 aromatic carbocycles. The first-order chi connectivity index (χ1) is 24.6. The maximum atomic E-state index is 14.2. The number of rotatable bonds is 14. The molecule has 1 aliphatic heterocycles. The molecule has 51 heavy (non-hydrogen) atoms. The number of non-ortho nitro benzene ring substituents is 1. The summed E-state index contributed by atoms with van der Waals surface area (Å²) in [5, 5.41) is 11.0. The molecular formula is C36H35N3O11S. The van der Waals surface area contributed by atoms with Crippen molar-refractivity contribution in [3.8, 4) is 23.0 Å². The summed E-state index contributed by atoms with van der Waals surface area (Å²) in [7, 11) is 2.75. The first-order valence-electron chi connectivity index (χ1n) is 15.8. The van der Waals surface area contributed by atoms with Gasteiger partial charge in [0.05, 0.1) is 54.2 Å². The molecule has 1 atom stereocenters. The normalized spacial score (nSPS) is 13.9. The lowest BCUT2D eigenvalue weighted by Gasteiger charge is -2.25. The topological polar surface area (TPSA) is 167 Å². The van der Waals surface area contributed by atoms with Crippen LogP contribution in [0.3, 0.4) is 0 Å². The number of nitro benzene ring substituents is 1. The van der Waals surface area contributed by atoms with Crippen molar-refractivity contribution in [2.24, 2.45) is 4.99 Å². The summed E-state index contributed by atoms with van der Waals surface area (Å²) in [4.78, 5) is 54.8. The molecule has 0 spiro atoms. The van der Waals surface area contributed by atoms with Crippen molar-refractivity contribution in [1.29, 1.82) is 0 Å². The zero-order chi connectivity index (χ0) is 36.7. The van der Waals surface area contributed by atoms with Gasteiger partial charge in [-0.3, -0.25) is 19.5 Å². The number of carbonyl (C=O) groups excluding carboxylic acids is 2. The number of hydrogen-bond acceptors (Lipinski definition) is 13. The zero-order valence-electron chi connectivity index (χ0n) is 28.5. The zero-order valence-corrected chi connectivity index (χ0v) is 29.3. The van der Waals surface area contributed by atoms with E-state index in [-0.39, 0.29) is 49.0 Å². The van der Waals surface area contributed by atoms with Crippen LogP contribution in [-0.2, 0) is 25.7 Å². The standard InChI is InChI=1S/C36H35N3O11S/c1-6-47-29-18-24(11-15-27(29)50-20-31(40)46-5)33-32(35(42)48-7-2)21(3)37-36-38(33)34(41)30(51-36)17-23-10-14-26(28(16-23)45-4)49-19-22-8-12-25(13-9-22)39(43)44/h8-18,33H,6-7,19-20H2,1-5H3/b30-17-/t33-/m1/s1. The van der Waals surface area contributed by atoms with Crippen molar-refractivity contribution in [3.05, 3.63) is 118 Å². The van der Waals surface area contributed by atoms with Gasteiger partial charge in [0, 0.05) is 12.1 Å². The average Bonchev–Trinajstić information content (AvgIpc) is 3.43. The summed E-state index contributed by atoms with van der Waals surface area (Å²) in [6.45, 7) is 5.39. The van der Waals surface area contributed by atoms with Crippen molar-refractivity contribution in [1.82, 2.24) is 4.57 Å². The van der Waals surface area contributed by atoms with E-state index in [0.717, 1.165) is 16.9 Å². The van der Waals surface area contributed by atoms with E-state index in [9.17, 15) is 24.5 Å². The van der Waals surface area contributed by atoms with Crippen LogP contribution in [0.5, 0.6) is 23.0 Å². The van der Waals surface area contributed by atoms with Gasteiger partial charge in [-0.1, -0.05) is 23.5 Å². The van der Waals surface area contributed by atoms with E-state index in [1.807, 2.05) is 0 Å². The van der Waals surface area contributed by atoms with Gasteiger partial charge in [-0.25, -0.2) is 14.6 Å². The van der Waals surface area contributed by atoms with Crippen LogP contribution in [0.2, 0.25) is 0 Å². The third kappa shape index (κ3) is 8.10. The Morgan fingerprint density at radius 1 is 0.941 bits per heavy atom. The van der Waals surface area contributed by atoms with E-state index in [4.69, 9.17) is 23.7 Å². The number of allylic oxidation sites excluding steroid dienone is 1. The molecule has 5 rings (SSSR count).